The number of methoxy groups -OCH3 is 1. The second-order valence-corrected chi connectivity index (χ2v) is 3.67. The van der Waals surface area contributed by atoms with Crippen LogP contribution in [0, 0.1) is 0 Å². The van der Waals surface area contributed by atoms with E-state index < -0.39 is 5.97 Å². The number of aliphatic carboxylic acids is 1. The van der Waals surface area contributed by atoms with Crippen molar-refractivity contribution in [3.05, 3.63) is 23.8 Å². The van der Waals surface area contributed by atoms with Crippen LogP contribution in [-0.4, -0.2) is 24.8 Å². The Morgan fingerprint density at radius 1 is 1.35 bits per heavy atom. The summed E-state index contributed by atoms with van der Waals surface area (Å²) in [5, 5.41) is 8.57. The highest BCUT2D eigenvalue weighted by Crippen LogP contribution is 2.28. The predicted octanol–water partition coefficient (Wildman–Crippen LogP) is 2.50. The van der Waals surface area contributed by atoms with E-state index in [1.165, 1.54) is 0 Å². The van der Waals surface area contributed by atoms with E-state index in [1.807, 2.05) is 25.1 Å². The topological polar surface area (TPSA) is 55.8 Å². The molecule has 0 radical (unpaired) electrons. The Bertz CT molecular complexity index is 374. The Kier molecular flexibility index (Phi) is 5.33. The number of carboxylic acid groups (broad SMARTS) is 1. The molecule has 0 spiro atoms. The molecule has 1 N–H and O–H groups in total. The maximum Gasteiger partial charge on any atom is 0.303 e. The van der Waals surface area contributed by atoms with Gasteiger partial charge >= 0.3 is 5.97 Å². The van der Waals surface area contributed by atoms with Crippen molar-refractivity contribution in [2.24, 2.45) is 0 Å². The van der Waals surface area contributed by atoms with Gasteiger partial charge in [-0.1, -0.05) is 6.07 Å². The summed E-state index contributed by atoms with van der Waals surface area (Å²) in [5.74, 6) is 0.653. The molecule has 0 aliphatic carbocycles. The lowest BCUT2D eigenvalue weighted by atomic mass is 10.1. The third-order valence-electron chi connectivity index (χ3n) is 2.38. The molecule has 4 heteroatoms. The fourth-order valence-electron chi connectivity index (χ4n) is 1.59. The van der Waals surface area contributed by atoms with Gasteiger partial charge in [-0.15, -0.1) is 0 Å². The molecule has 94 valence electrons. The molecule has 0 fully saturated rings. The zero-order chi connectivity index (χ0) is 12.7. The Morgan fingerprint density at radius 2 is 2.12 bits per heavy atom. The fourth-order valence-corrected chi connectivity index (χ4v) is 1.59. The Hall–Kier alpha value is -1.71. The number of benzene rings is 1. The van der Waals surface area contributed by atoms with Crippen LogP contribution >= 0.6 is 0 Å². The number of carbonyl (C=O) groups is 1. The molecule has 0 saturated heterocycles. The van der Waals surface area contributed by atoms with Crippen molar-refractivity contribution in [3.8, 4) is 11.5 Å². The highest BCUT2D eigenvalue weighted by Gasteiger charge is 2.05. The molecule has 0 aliphatic heterocycles. The van der Waals surface area contributed by atoms with Crippen LogP contribution in [0.2, 0.25) is 0 Å². The smallest absolute Gasteiger partial charge is 0.303 e. The minimum absolute atomic E-state index is 0.190. The number of hydrogen-bond donors (Lipinski definition) is 1. The van der Waals surface area contributed by atoms with Crippen LogP contribution in [0.25, 0.3) is 0 Å². The van der Waals surface area contributed by atoms with Crippen LogP contribution < -0.4 is 9.47 Å². The lowest BCUT2D eigenvalue weighted by Gasteiger charge is -2.10. The summed E-state index contributed by atoms with van der Waals surface area (Å²) in [4.78, 5) is 10.4. The van der Waals surface area contributed by atoms with Crippen LogP contribution in [-0.2, 0) is 11.2 Å². The van der Waals surface area contributed by atoms with E-state index in [-0.39, 0.29) is 6.42 Å². The largest absolute Gasteiger partial charge is 0.493 e. The highest BCUT2D eigenvalue weighted by molar-refractivity contribution is 5.66. The second-order valence-electron chi connectivity index (χ2n) is 3.67. The number of rotatable bonds is 7. The molecule has 0 atom stereocenters. The van der Waals surface area contributed by atoms with Crippen molar-refractivity contribution in [2.75, 3.05) is 13.7 Å². The van der Waals surface area contributed by atoms with Crippen molar-refractivity contribution < 1.29 is 19.4 Å². The van der Waals surface area contributed by atoms with E-state index in [2.05, 4.69) is 0 Å². The van der Waals surface area contributed by atoms with Gasteiger partial charge in [0, 0.05) is 6.42 Å². The zero-order valence-electron chi connectivity index (χ0n) is 10.2. The number of aryl methyl sites for hydroxylation is 1. The Labute approximate surface area is 101 Å². The molecular formula is C13H18O4. The molecule has 0 bridgehead atoms. The minimum Gasteiger partial charge on any atom is -0.493 e. The van der Waals surface area contributed by atoms with E-state index >= 15 is 0 Å². The minimum atomic E-state index is -0.761. The first-order valence-electron chi connectivity index (χ1n) is 5.69. The quantitative estimate of drug-likeness (QED) is 0.793. The molecular weight excluding hydrogens is 220 g/mol. The maximum atomic E-state index is 10.4. The van der Waals surface area contributed by atoms with E-state index in [0.29, 0.717) is 24.5 Å². The van der Waals surface area contributed by atoms with Crippen LogP contribution in [0.3, 0.4) is 0 Å². The van der Waals surface area contributed by atoms with E-state index in [4.69, 9.17) is 14.6 Å². The van der Waals surface area contributed by atoms with Gasteiger partial charge in [-0.2, -0.15) is 0 Å². The molecule has 1 aromatic rings. The molecule has 1 aromatic carbocycles. The third kappa shape index (κ3) is 4.34. The molecule has 0 aliphatic rings. The Balaban J connectivity index is 2.67. The first kappa shape index (κ1) is 13.4. The first-order valence-corrected chi connectivity index (χ1v) is 5.69. The number of ether oxygens (including phenoxy) is 2. The van der Waals surface area contributed by atoms with Crippen molar-refractivity contribution in [3.63, 3.8) is 0 Å². The molecule has 0 amide bonds. The maximum absolute atomic E-state index is 10.4. The SMILES string of the molecule is CCOc1cc(CCCC(=O)O)ccc1OC. The summed E-state index contributed by atoms with van der Waals surface area (Å²) in [6.45, 7) is 2.49. The van der Waals surface area contributed by atoms with E-state index in [9.17, 15) is 4.79 Å². The van der Waals surface area contributed by atoms with E-state index in [0.717, 1.165) is 12.0 Å². The van der Waals surface area contributed by atoms with Gasteiger partial charge in [0.25, 0.3) is 0 Å². The van der Waals surface area contributed by atoms with Crippen molar-refractivity contribution in [1.29, 1.82) is 0 Å². The lowest BCUT2D eigenvalue weighted by molar-refractivity contribution is -0.137. The highest BCUT2D eigenvalue weighted by atomic mass is 16.5. The molecule has 0 aromatic heterocycles. The Morgan fingerprint density at radius 3 is 2.71 bits per heavy atom. The van der Waals surface area contributed by atoms with Crippen LogP contribution in [0.5, 0.6) is 11.5 Å². The van der Waals surface area contributed by atoms with Crippen LogP contribution in [0.1, 0.15) is 25.3 Å². The number of hydrogen-bond acceptors (Lipinski definition) is 3. The van der Waals surface area contributed by atoms with Crippen molar-refractivity contribution in [2.45, 2.75) is 26.2 Å². The van der Waals surface area contributed by atoms with Gasteiger partial charge in [0.2, 0.25) is 0 Å². The fraction of sp³-hybridized carbons (Fsp3) is 0.462. The summed E-state index contributed by atoms with van der Waals surface area (Å²) < 4.78 is 10.6. The first-order chi connectivity index (χ1) is 8.17. The van der Waals surface area contributed by atoms with Crippen LogP contribution in [0.4, 0.5) is 0 Å². The molecule has 4 nitrogen and oxygen atoms in total. The number of carboxylic acids is 1. The summed E-state index contributed by atoms with van der Waals surface area (Å²) >= 11 is 0. The summed E-state index contributed by atoms with van der Waals surface area (Å²) in [5.41, 5.74) is 1.07. The zero-order valence-corrected chi connectivity index (χ0v) is 10.2. The molecule has 0 saturated carbocycles. The third-order valence-corrected chi connectivity index (χ3v) is 2.38. The predicted molar refractivity (Wildman–Crippen MR) is 64.7 cm³/mol. The van der Waals surface area contributed by atoms with Crippen molar-refractivity contribution in [1.82, 2.24) is 0 Å². The van der Waals surface area contributed by atoms with E-state index in [1.54, 1.807) is 7.11 Å². The van der Waals surface area contributed by atoms with Gasteiger partial charge in [0.05, 0.1) is 13.7 Å². The van der Waals surface area contributed by atoms with Gasteiger partial charge in [-0.05, 0) is 37.5 Å². The standard InChI is InChI=1S/C13H18O4/c1-3-17-12-9-10(5-4-6-13(14)15)7-8-11(12)16-2/h7-9H,3-6H2,1-2H3,(H,14,15). The summed E-state index contributed by atoms with van der Waals surface area (Å²) in [6.07, 6.45) is 1.56. The van der Waals surface area contributed by atoms with Crippen LogP contribution in [0.15, 0.2) is 18.2 Å². The average Bonchev–Trinajstić information content (AvgIpc) is 2.29. The summed E-state index contributed by atoms with van der Waals surface area (Å²) in [6, 6.07) is 5.69. The normalized spacial score (nSPS) is 10.0. The molecule has 0 heterocycles. The van der Waals surface area contributed by atoms with Gasteiger partial charge in [-0.3, -0.25) is 4.79 Å². The summed E-state index contributed by atoms with van der Waals surface area (Å²) in [7, 11) is 1.60. The van der Waals surface area contributed by atoms with Gasteiger partial charge in [0.1, 0.15) is 0 Å². The molecule has 1 rings (SSSR count). The monoisotopic (exact) mass is 238 g/mol. The van der Waals surface area contributed by atoms with Gasteiger partial charge in [-0.25, -0.2) is 0 Å². The van der Waals surface area contributed by atoms with Gasteiger partial charge in [0.15, 0.2) is 11.5 Å². The second kappa shape index (κ2) is 6.78. The average molecular weight is 238 g/mol. The van der Waals surface area contributed by atoms with Gasteiger partial charge < -0.3 is 14.6 Å². The van der Waals surface area contributed by atoms with Crippen molar-refractivity contribution >= 4 is 5.97 Å². The lowest BCUT2D eigenvalue weighted by Crippen LogP contribution is -1.98. The molecule has 0 unspecified atom stereocenters. The molecule has 17 heavy (non-hydrogen) atoms.